The van der Waals surface area contributed by atoms with E-state index in [2.05, 4.69) is 45.9 Å². The molecule has 14 heavy (non-hydrogen) atoms. The highest BCUT2D eigenvalue weighted by Crippen LogP contribution is 2.19. The van der Waals surface area contributed by atoms with Gasteiger partial charge in [-0.3, -0.25) is 0 Å². The SMILES string of the molecule is c1cc2cc[nH]ccn3ccc(c1)c23. The standard InChI is InChI=1S/C12H10N2/c1-2-10-4-6-13-7-9-14-8-5-11(3-1)12(10)14/h1-9,13H. The number of para-hydroxylation sites is 1. The highest BCUT2D eigenvalue weighted by molar-refractivity contribution is 5.95. The molecule has 2 heteroatoms. The maximum atomic E-state index is 3.08. The van der Waals surface area contributed by atoms with Crippen LogP contribution < -0.4 is 0 Å². The topological polar surface area (TPSA) is 20.2 Å². The Labute approximate surface area is 81.5 Å². The summed E-state index contributed by atoms with van der Waals surface area (Å²) in [6.07, 6.45) is 7.97. The highest BCUT2D eigenvalue weighted by atomic mass is 14.9. The Hall–Kier alpha value is -1.96. The van der Waals surface area contributed by atoms with Crippen molar-refractivity contribution in [2.45, 2.75) is 0 Å². The molecule has 0 unspecified atom stereocenters. The van der Waals surface area contributed by atoms with Gasteiger partial charge in [0.25, 0.3) is 0 Å². The molecular formula is C12H10N2. The Bertz CT molecular complexity index is 602. The third-order valence-electron chi connectivity index (χ3n) is 2.46. The van der Waals surface area contributed by atoms with Crippen molar-refractivity contribution in [2.75, 3.05) is 0 Å². The van der Waals surface area contributed by atoms with Gasteiger partial charge in [-0.2, -0.15) is 0 Å². The van der Waals surface area contributed by atoms with E-state index in [4.69, 9.17) is 0 Å². The molecule has 0 aliphatic carbocycles. The number of nitrogens with one attached hydrogen (secondary N) is 1. The maximum absolute atomic E-state index is 3.08. The van der Waals surface area contributed by atoms with Gasteiger partial charge in [-0.25, -0.2) is 0 Å². The minimum Gasteiger partial charge on any atom is -0.366 e. The molecule has 68 valence electrons. The second-order valence-electron chi connectivity index (χ2n) is 3.32. The molecule has 0 fully saturated rings. The lowest BCUT2D eigenvalue weighted by Crippen LogP contribution is -1.80. The van der Waals surface area contributed by atoms with Gasteiger partial charge in [0.1, 0.15) is 0 Å². The smallest absolute Gasteiger partial charge is 0.0596 e. The molecular weight excluding hydrogens is 172 g/mol. The number of benzene rings is 1. The first-order chi connectivity index (χ1) is 6.95. The van der Waals surface area contributed by atoms with E-state index in [0.29, 0.717) is 0 Å². The van der Waals surface area contributed by atoms with Gasteiger partial charge in [-0.15, -0.1) is 0 Å². The summed E-state index contributed by atoms with van der Waals surface area (Å²) in [7, 11) is 0. The first-order valence-electron chi connectivity index (χ1n) is 4.64. The summed E-state index contributed by atoms with van der Waals surface area (Å²) < 4.78 is 2.13. The van der Waals surface area contributed by atoms with Crippen molar-refractivity contribution in [3.8, 4) is 0 Å². The van der Waals surface area contributed by atoms with Crippen molar-refractivity contribution in [3.63, 3.8) is 0 Å². The minimum absolute atomic E-state index is 1.24. The predicted molar refractivity (Wildman–Crippen MR) is 58.1 cm³/mol. The van der Waals surface area contributed by atoms with Crippen molar-refractivity contribution >= 4 is 16.3 Å². The van der Waals surface area contributed by atoms with Gasteiger partial charge in [0.15, 0.2) is 0 Å². The zero-order valence-corrected chi connectivity index (χ0v) is 7.64. The van der Waals surface area contributed by atoms with Crippen LogP contribution in [0.2, 0.25) is 0 Å². The molecule has 2 nitrogen and oxygen atoms in total. The van der Waals surface area contributed by atoms with Crippen molar-refractivity contribution < 1.29 is 0 Å². The minimum atomic E-state index is 1.24. The summed E-state index contributed by atoms with van der Waals surface area (Å²) in [5.41, 5.74) is 1.27. The third kappa shape index (κ3) is 0.973. The van der Waals surface area contributed by atoms with Gasteiger partial charge in [0, 0.05) is 35.6 Å². The molecule has 0 aliphatic heterocycles. The Morgan fingerprint density at radius 2 is 1.71 bits per heavy atom. The fourth-order valence-electron chi connectivity index (χ4n) is 1.82. The predicted octanol–water partition coefficient (Wildman–Crippen LogP) is 2.98. The summed E-state index contributed by atoms with van der Waals surface area (Å²) in [5.74, 6) is 0. The fraction of sp³-hybridized carbons (Fsp3) is 0. The van der Waals surface area contributed by atoms with Crippen LogP contribution in [-0.4, -0.2) is 9.38 Å². The molecule has 1 N–H and O–H groups in total. The molecule has 2 heterocycles. The second kappa shape index (κ2) is 2.77. The molecule has 0 amide bonds. The van der Waals surface area contributed by atoms with E-state index in [1.165, 1.54) is 16.3 Å². The maximum Gasteiger partial charge on any atom is 0.0596 e. The Morgan fingerprint density at radius 3 is 2.64 bits per heavy atom. The molecule has 0 bridgehead atoms. The average Bonchev–Trinajstić information content (AvgIpc) is 2.57. The summed E-state index contributed by atoms with van der Waals surface area (Å²) in [4.78, 5) is 3.08. The third-order valence-corrected chi connectivity index (χ3v) is 2.46. The Morgan fingerprint density at radius 1 is 0.857 bits per heavy atom. The van der Waals surface area contributed by atoms with E-state index in [1.54, 1.807) is 0 Å². The average molecular weight is 182 g/mol. The lowest BCUT2D eigenvalue weighted by Gasteiger charge is -1.96. The van der Waals surface area contributed by atoms with Crippen LogP contribution in [0.15, 0.2) is 55.1 Å². The number of aromatic nitrogens is 2. The summed E-state index contributed by atoms with van der Waals surface area (Å²) in [6, 6.07) is 10.5. The fourth-order valence-corrected chi connectivity index (χ4v) is 1.82. The number of nitrogens with zero attached hydrogens (tertiary/aromatic N) is 1. The van der Waals surface area contributed by atoms with Crippen molar-refractivity contribution in [1.82, 2.24) is 9.38 Å². The molecule has 3 rings (SSSR count). The van der Waals surface area contributed by atoms with E-state index in [1.807, 2.05) is 18.6 Å². The van der Waals surface area contributed by atoms with Crippen LogP contribution in [-0.2, 0) is 0 Å². The summed E-state index contributed by atoms with van der Waals surface area (Å²) in [6.45, 7) is 0. The van der Waals surface area contributed by atoms with Crippen molar-refractivity contribution in [1.29, 1.82) is 0 Å². The van der Waals surface area contributed by atoms with Gasteiger partial charge in [0.05, 0.1) is 5.52 Å². The van der Waals surface area contributed by atoms with Gasteiger partial charge in [-0.05, 0) is 12.1 Å². The monoisotopic (exact) mass is 182 g/mol. The molecule has 3 aromatic rings. The van der Waals surface area contributed by atoms with Gasteiger partial charge < -0.3 is 9.38 Å². The van der Waals surface area contributed by atoms with Gasteiger partial charge in [0.2, 0.25) is 0 Å². The largest absolute Gasteiger partial charge is 0.366 e. The van der Waals surface area contributed by atoms with Crippen LogP contribution in [0.4, 0.5) is 0 Å². The number of rotatable bonds is 0. The van der Waals surface area contributed by atoms with E-state index in [0.717, 1.165) is 0 Å². The van der Waals surface area contributed by atoms with Gasteiger partial charge in [-0.1, -0.05) is 18.2 Å². The van der Waals surface area contributed by atoms with E-state index in [9.17, 15) is 0 Å². The van der Waals surface area contributed by atoms with Crippen molar-refractivity contribution in [2.24, 2.45) is 0 Å². The first-order valence-corrected chi connectivity index (χ1v) is 4.64. The quantitative estimate of drug-likeness (QED) is 0.551. The molecule has 2 aromatic heterocycles. The summed E-state index contributed by atoms with van der Waals surface area (Å²) >= 11 is 0. The number of aromatic amines is 1. The molecule has 0 aliphatic rings. The van der Waals surface area contributed by atoms with Crippen LogP contribution >= 0.6 is 0 Å². The zero-order valence-electron chi connectivity index (χ0n) is 7.64. The van der Waals surface area contributed by atoms with Crippen LogP contribution in [0.3, 0.4) is 0 Å². The van der Waals surface area contributed by atoms with Crippen LogP contribution in [0, 0.1) is 0 Å². The molecule has 1 aromatic carbocycles. The van der Waals surface area contributed by atoms with Crippen LogP contribution in [0.25, 0.3) is 16.3 Å². The zero-order chi connectivity index (χ0) is 9.38. The lowest BCUT2D eigenvalue weighted by molar-refractivity contribution is 1.18. The van der Waals surface area contributed by atoms with Gasteiger partial charge >= 0.3 is 0 Å². The van der Waals surface area contributed by atoms with Crippen molar-refractivity contribution in [3.05, 3.63) is 55.1 Å². The normalized spacial score (nSPS) is 10.9. The number of hydrogen-bond donors (Lipinski definition) is 1. The Kier molecular flexibility index (Phi) is 1.47. The van der Waals surface area contributed by atoms with Crippen LogP contribution in [0.5, 0.6) is 0 Å². The second-order valence-corrected chi connectivity index (χ2v) is 3.32. The van der Waals surface area contributed by atoms with E-state index in [-0.39, 0.29) is 0 Å². The first kappa shape index (κ1) is 7.44. The van der Waals surface area contributed by atoms with E-state index < -0.39 is 0 Å². The van der Waals surface area contributed by atoms with Crippen LogP contribution in [0.1, 0.15) is 0 Å². The molecule has 0 saturated heterocycles. The highest BCUT2D eigenvalue weighted by Gasteiger charge is 1.97. The lowest BCUT2D eigenvalue weighted by atomic mass is 10.2. The molecule has 0 radical (unpaired) electrons. The molecule has 0 saturated carbocycles. The number of H-pyrrole nitrogens is 1. The Balaban J connectivity index is 2.68. The number of hydrogen-bond acceptors (Lipinski definition) is 0. The molecule has 0 spiro atoms. The summed E-state index contributed by atoms with van der Waals surface area (Å²) in [5, 5.41) is 2.52. The van der Waals surface area contributed by atoms with E-state index >= 15 is 0 Å². The molecule has 0 atom stereocenters.